The average Bonchev–Trinajstić information content (AvgIpc) is 2.88. The van der Waals surface area contributed by atoms with Gasteiger partial charge in [0.2, 0.25) is 11.0 Å². The van der Waals surface area contributed by atoms with Gasteiger partial charge in [-0.3, -0.25) is 10.1 Å². The number of halogens is 1. The van der Waals surface area contributed by atoms with Gasteiger partial charge in [0.15, 0.2) is 11.9 Å². The van der Waals surface area contributed by atoms with Gasteiger partial charge in [-0.2, -0.15) is 4.98 Å². The van der Waals surface area contributed by atoms with Crippen LogP contribution in [-0.2, 0) is 0 Å². The molecule has 0 radical (unpaired) electrons. The third kappa shape index (κ3) is 3.96. The zero-order chi connectivity index (χ0) is 20.4. The van der Waals surface area contributed by atoms with Crippen LogP contribution in [0.15, 0.2) is 47.6 Å². The van der Waals surface area contributed by atoms with E-state index in [1.165, 1.54) is 23.9 Å². The largest absolute Gasteiger partial charge is 0.448 e. The summed E-state index contributed by atoms with van der Waals surface area (Å²) in [6.07, 6.45) is 0.266. The zero-order valence-corrected chi connectivity index (χ0v) is 16.9. The number of thioether (sulfide) groups is 1. The first-order valence-electron chi connectivity index (χ1n) is 8.90. The quantitative estimate of drug-likeness (QED) is 0.339. The summed E-state index contributed by atoms with van der Waals surface area (Å²) in [6.45, 7) is 2.07. The van der Waals surface area contributed by atoms with Crippen molar-refractivity contribution >= 4 is 34.7 Å². The summed E-state index contributed by atoms with van der Waals surface area (Å²) < 4.78 is 6.12. The number of anilines is 1. The van der Waals surface area contributed by atoms with Gasteiger partial charge in [-0.05, 0) is 18.6 Å². The van der Waals surface area contributed by atoms with Crippen LogP contribution in [0.4, 0.5) is 11.4 Å². The number of nitrogens with one attached hydrogen (secondary N) is 1. The molecule has 148 valence electrons. The molecular weight excluding hydrogens is 414 g/mol. The van der Waals surface area contributed by atoms with Gasteiger partial charge in [0.05, 0.1) is 4.92 Å². The molecule has 2 heterocycles. The fourth-order valence-electron chi connectivity index (χ4n) is 2.89. The van der Waals surface area contributed by atoms with E-state index < -0.39 is 11.2 Å². The predicted molar refractivity (Wildman–Crippen MR) is 111 cm³/mol. The first kappa shape index (κ1) is 19.4. The zero-order valence-electron chi connectivity index (χ0n) is 15.3. The van der Waals surface area contributed by atoms with Gasteiger partial charge in [-0.1, -0.05) is 54.6 Å². The lowest BCUT2D eigenvalue weighted by atomic mass is 10.1. The number of aromatic nitrogens is 3. The van der Waals surface area contributed by atoms with E-state index in [0.29, 0.717) is 22.3 Å². The normalized spacial score (nSPS) is 14.8. The second-order valence-electron chi connectivity index (χ2n) is 6.25. The Hall–Kier alpha value is -2.91. The fraction of sp³-hybridized carbons (Fsp3) is 0.211. The van der Waals surface area contributed by atoms with Crippen molar-refractivity contribution in [3.63, 3.8) is 0 Å². The second-order valence-corrected chi connectivity index (χ2v) is 7.72. The Bertz CT molecular complexity index is 1080. The first-order valence-corrected chi connectivity index (χ1v) is 10.3. The van der Waals surface area contributed by atoms with E-state index in [1.807, 2.05) is 24.3 Å². The summed E-state index contributed by atoms with van der Waals surface area (Å²) in [6, 6.07) is 12.1. The molecule has 29 heavy (non-hydrogen) atoms. The maximum absolute atomic E-state index is 11.3. The molecule has 0 aliphatic carbocycles. The third-order valence-electron chi connectivity index (χ3n) is 4.24. The number of para-hydroxylation sites is 1. The van der Waals surface area contributed by atoms with Crippen LogP contribution in [0.3, 0.4) is 0 Å². The van der Waals surface area contributed by atoms with Crippen molar-refractivity contribution in [2.75, 3.05) is 11.1 Å². The molecule has 2 aromatic carbocycles. The Balaban J connectivity index is 1.80. The van der Waals surface area contributed by atoms with E-state index in [-0.39, 0.29) is 10.7 Å². The first-order chi connectivity index (χ1) is 14.1. The number of rotatable bonds is 5. The Morgan fingerprint density at radius 1 is 1.28 bits per heavy atom. The van der Waals surface area contributed by atoms with Crippen LogP contribution in [0.2, 0.25) is 5.02 Å². The Kier molecular flexibility index (Phi) is 5.50. The highest BCUT2D eigenvalue weighted by molar-refractivity contribution is 7.99. The number of hydrogen-bond acceptors (Lipinski definition) is 8. The molecule has 3 aromatic rings. The van der Waals surface area contributed by atoms with Gasteiger partial charge in [0, 0.05) is 28.6 Å². The van der Waals surface area contributed by atoms with E-state index in [4.69, 9.17) is 16.3 Å². The molecule has 0 amide bonds. The third-order valence-corrected chi connectivity index (χ3v) is 5.60. The van der Waals surface area contributed by atoms with Crippen LogP contribution < -0.4 is 10.1 Å². The van der Waals surface area contributed by atoms with Gasteiger partial charge < -0.3 is 10.1 Å². The molecular formula is C19H16ClN5O3S. The molecule has 10 heteroatoms. The molecule has 1 N–H and O–H groups in total. The summed E-state index contributed by atoms with van der Waals surface area (Å²) in [7, 11) is 0. The van der Waals surface area contributed by atoms with Crippen molar-refractivity contribution in [1.82, 2.24) is 15.2 Å². The fourth-order valence-corrected chi connectivity index (χ4v) is 3.70. The number of nitrogens with zero attached hydrogens (tertiary/aromatic N) is 4. The molecule has 0 fully saturated rings. The molecule has 0 saturated carbocycles. The maximum atomic E-state index is 11.3. The summed E-state index contributed by atoms with van der Waals surface area (Å²) in [5, 5.41) is 23.7. The van der Waals surface area contributed by atoms with E-state index in [9.17, 15) is 10.1 Å². The summed E-state index contributed by atoms with van der Waals surface area (Å²) in [5.41, 5.74) is 2.43. The van der Waals surface area contributed by atoms with Gasteiger partial charge in [0.25, 0.3) is 5.69 Å². The summed E-state index contributed by atoms with van der Waals surface area (Å²) in [4.78, 5) is 15.3. The van der Waals surface area contributed by atoms with E-state index >= 15 is 0 Å². The van der Waals surface area contributed by atoms with Crippen molar-refractivity contribution in [3.8, 4) is 17.1 Å². The van der Waals surface area contributed by atoms with Crippen LogP contribution >= 0.6 is 23.4 Å². The van der Waals surface area contributed by atoms with E-state index in [1.54, 1.807) is 6.07 Å². The van der Waals surface area contributed by atoms with E-state index in [2.05, 4.69) is 27.4 Å². The van der Waals surface area contributed by atoms with Crippen molar-refractivity contribution in [3.05, 3.63) is 63.2 Å². The van der Waals surface area contributed by atoms with Crippen molar-refractivity contribution in [1.29, 1.82) is 0 Å². The van der Waals surface area contributed by atoms with Gasteiger partial charge in [0.1, 0.15) is 5.02 Å². The topological polar surface area (TPSA) is 103 Å². The van der Waals surface area contributed by atoms with Gasteiger partial charge in [-0.25, -0.2) is 0 Å². The highest BCUT2D eigenvalue weighted by atomic mass is 35.5. The second kappa shape index (κ2) is 8.22. The maximum Gasteiger partial charge on any atom is 0.288 e. The molecule has 0 unspecified atom stereocenters. The Labute approximate surface area is 175 Å². The van der Waals surface area contributed by atoms with Crippen LogP contribution in [0.5, 0.6) is 5.88 Å². The number of nitro benzene ring substituents is 1. The lowest BCUT2D eigenvalue weighted by Crippen LogP contribution is -2.17. The number of fused-ring (bicyclic) bond motifs is 3. The molecule has 0 bridgehead atoms. The number of hydrogen-bond donors (Lipinski definition) is 1. The molecule has 0 spiro atoms. The molecule has 1 aliphatic rings. The van der Waals surface area contributed by atoms with Crippen molar-refractivity contribution in [2.24, 2.45) is 0 Å². The smallest absolute Gasteiger partial charge is 0.288 e. The predicted octanol–water partition coefficient (Wildman–Crippen LogP) is 5.11. The molecule has 1 atom stereocenters. The molecule has 1 aliphatic heterocycles. The summed E-state index contributed by atoms with van der Waals surface area (Å²) in [5.74, 6) is 1.18. The Morgan fingerprint density at radius 2 is 2.10 bits per heavy atom. The molecule has 4 rings (SSSR count). The van der Waals surface area contributed by atoms with Crippen molar-refractivity contribution < 1.29 is 9.66 Å². The lowest BCUT2D eigenvalue weighted by Gasteiger charge is -2.19. The van der Waals surface area contributed by atoms with Crippen LogP contribution in [0.25, 0.3) is 11.3 Å². The average molecular weight is 430 g/mol. The Morgan fingerprint density at radius 3 is 2.90 bits per heavy atom. The number of ether oxygens (including phenoxy) is 1. The molecule has 0 saturated heterocycles. The number of nitro groups is 1. The monoisotopic (exact) mass is 429 g/mol. The highest BCUT2D eigenvalue weighted by Gasteiger charge is 2.27. The van der Waals surface area contributed by atoms with Gasteiger partial charge in [-0.15, -0.1) is 10.2 Å². The van der Waals surface area contributed by atoms with Crippen molar-refractivity contribution in [2.45, 2.75) is 24.7 Å². The highest BCUT2D eigenvalue weighted by Crippen LogP contribution is 2.40. The van der Waals surface area contributed by atoms with Crippen LogP contribution in [0.1, 0.15) is 25.1 Å². The summed E-state index contributed by atoms with van der Waals surface area (Å²) >= 11 is 7.45. The molecule has 1 aromatic heterocycles. The van der Waals surface area contributed by atoms with Gasteiger partial charge >= 0.3 is 0 Å². The minimum Gasteiger partial charge on any atom is -0.448 e. The molecule has 8 nitrogen and oxygen atoms in total. The SMILES string of the molecule is CCCSc1nnc2c(n1)O[C@@H](c1ccc(Cl)c([N+](=O)[O-])c1)Nc1ccccc1-2. The minimum atomic E-state index is -0.714. The standard InChI is InChI=1S/C19H16ClN5O3S/c1-2-9-29-19-22-18-16(23-24-19)12-5-3-4-6-14(12)21-17(28-18)11-7-8-13(20)15(10-11)25(26)27/h3-8,10,17,21H,2,9H2,1H3/t17-/m0/s1. The number of benzene rings is 2. The van der Waals surface area contributed by atoms with Crippen LogP contribution in [-0.4, -0.2) is 25.9 Å². The minimum absolute atomic E-state index is 0.0652. The lowest BCUT2D eigenvalue weighted by molar-refractivity contribution is -0.384. The van der Waals surface area contributed by atoms with E-state index in [0.717, 1.165) is 23.4 Å². The van der Waals surface area contributed by atoms with Crippen LogP contribution in [0, 0.1) is 10.1 Å².